The molecule has 2 fully saturated rings. The van der Waals surface area contributed by atoms with E-state index < -0.39 is 0 Å². The van der Waals surface area contributed by atoms with Gasteiger partial charge in [0.2, 0.25) is 0 Å². The fourth-order valence-corrected chi connectivity index (χ4v) is 3.98. The Morgan fingerprint density at radius 3 is 2.62 bits per heavy atom. The Hall–Kier alpha value is -0.480. The molecule has 1 atom stereocenters. The summed E-state index contributed by atoms with van der Waals surface area (Å²) in [6, 6.07) is 3.94. The van der Waals surface area contributed by atoms with Crippen LogP contribution < -0.4 is 0 Å². The zero-order valence-corrected chi connectivity index (χ0v) is 13.7. The lowest BCUT2D eigenvalue weighted by atomic mass is 10.1. The van der Waals surface area contributed by atoms with Crippen LogP contribution in [0.2, 0.25) is 10.0 Å². The molecule has 0 radical (unpaired) electrons. The molecule has 2 saturated heterocycles. The third-order valence-electron chi connectivity index (χ3n) is 4.70. The molecule has 116 valence electrons. The Morgan fingerprint density at radius 1 is 1.10 bits per heavy atom. The van der Waals surface area contributed by atoms with Crippen molar-refractivity contribution in [2.45, 2.75) is 38.3 Å². The molecule has 3 rings (SSSR count). The number of aromatic hydroxyl groups is 1. The van der Waals surface area contributed by atoms with Crippen LogP contribution in [0.3, 0.4) is 0 Å². The van der Waals surface area contributed by atoms with Crippen molar-refractivity contribution in [2.75, 3.05) is 26.2 Å². The van der Waals surface area contributed by atoms with E-state index in [9.17, 15) is 5.11 Å². The van der Waals surface area contributed by atoms with Crippen LogP contribution in [-0.2, 0) is 6.54 Å². The second-order valence-electron chi connectivity index (χ2n) is 6.13. The van der Waals surface area contributed by atoms with Gasteiger partial charge in [0, 0.05) is 36.3 Å². The molecule has 0 unspecified atom stereocenters. The number of piperidine rings is 1. The maximum absolute atomic E-state index is 9.74. The van der Waals surface area contributed by atoms with E-state index in [2.05, 4.69) is 9.80 Å². The molecule has 0 spiro atoms. The second kappa shape index (κ2) is 6.74. The number of rotatable bonds is 3. The lowest BCUT2D eigenvalue weighted by Crippen LogP contribution is -2.40. The van der Waals surface area contributed by atoms with Crippen LogP contribution in [0, 0.1) is 0 Å². The van der Waals surface area contributed by atoms with Gasteiger partial charge in [0.25, 0.3) is 0 Å². The van der Waals surface area contributed by atoms with Gasteiger partial charge < -0.3 is 5.11 Å². The first-order valence-electron chi connectivity index (χ1n) is 7.77. The van der Waals surface area contributed by atoms with E-state index in [0.717, 1.165) is 25.2 Å². The molecule has 2 aliphatic rings. The van der Waals surface area contributed by atoms with E-state index in [1.807, 2.05) is 0 Å². The average molecular weight is 329 g/mol. The highest BCUT2D eigenvalue weighted by Crippen LogP contribution is 2.34. The van der Waals surface area contributed by atoms with Gasteiger partial charge in [-0.25, -0.2) is 0 Å². The summed E-state index contributed by atoms with van der Waals surface area (Å²) in [5.41, 5.74) is 0.845. The zero-order valence-electron chi connectivity index (χ0n) is 12.2. The Morgan fingerprint density at radius 2 is 1.86 bits per heavy atom. The zero-order chi connectivity index (χ0) is 14.8. The van der Waals surface area contributed by atoms with E-state index in [1.165, 1.54) is 38.8 Å². The monoisotopic (exact) mass is 328 g/mol. The number of halogens is 2. The summed E-state index contributed by atoms with van der Waals surface area (Å²) in [6.07, 6.45) is 5.26. The minimum atomic E-state index is 0.114. The quantitative estimate of drug-likeness (QED) is 0.915. The highest BCUT2D eigenvalue weighted by atomic mass is 35.5. The van der Waals surface area contributed by atoms with Gasteiger partial charge in [-0.3, -0.25) is 9.80 Å². The molecule has 5 heteroatoms. The average Bonchev–Trinajstić information content (AvgIpc) is 2.97. The van der Waals surface area contributed by atoms with Crippen molar-refractivity contribution in [1.29, 1.82) is 0 Å². The van der Waals surface area contributed by atoms with E-state index in [4.69, 9.17) is 23.2 Å². The first-order valence-corrected chi connectivity index (χ1v) is 8.53. The Bertz CT molecular complexity index is 503. The van der Waals surface area contributed by atoms with E-state index in [0.29, 0.717) is 16.1 Å². The molecule has 1 N–H and O–H groups in total. The van der Waals surface area contributed by atoms with Gasteiger partial charge >= 0.3 is 0 Å². The van der Waals surface area contributed by atoms with Gasteiger partial charge in [0.05, 0.1) is 5.02 Å². The summed E-state index contributed by atoms with van der Waals surface area (Å²) in [5.74, 6) is 0.114. The number of benzene rings is 1. The molecule has 0 aliphatic carbocycles. The minimum Gasteiger partial charge on any atom is -0.506 e. The normalized spacial score (nSPS) is 24.6. The molecule has 0 aromatic heterocycles. The van der Waals surface area contributed by atoms with Crippen LogP contribution in [0.25, 0.3) is 0 Å². The summed E-state index contributed by atoms with van der Waals surface area (Å²) in [6.45, 7) is 5.35. The highest BCUT2D eigenvalue weighted by molar-refractivity contribution is 6.36. The number of nitrogens with zero attached hydrogens (tertiary/aromatic N) is 2. The largest absolute Gasteiger partial charge is 0.506 e. The lowest BCUT2D eigenvalue weighted by molar-refractivity contribution is 0.161. The van der Waals surface area contributed by atoms with E-state index >= 15 is 0 Å². The van der Waals surface area contributed by atoms with Crippen molar-refractivity contribution in [1.82, 2.24) is 9.80 Å². The summed E-state index contributed by atoms with van der Waals surface area (Å²) in [5, 5.41) is 10.8. The lowest BCUT2D eigenvalue weighted by Gasteiger charge is -2.32. The SMILES string of the molecule is Oc1ccc(Cl)c(CN2CC[C@@H](N3CCCCC3)C2)c1Cl. The van der Waals surface area contributed by atoms with Crippen molar-refractivity contribution in [3.8, 4) is 5.75 Å². The Balaban J connectivity index is 1.63. The third kappa shape index (κ3) is 3.48. The molecule has 0 saturated carbocycles. The Labute approximate surface area is 136 Å². The fraction of sp³-hybridized carbons (Fsp3) is 0.625. The molecule has 1 aromatic carbocycles. The number of phenolic OH excluding ortho intramolecular Hbond substituents is 1. The third-order valence-corrected chi connectivity index (χ3v) is 5.48. The smallest absolute Gasteiger partial charge is 0.134 e. The van der Waals surface area contributed by atoms with Gasteiger partial charge in [-0.1, -0.05) is 29.6 Å². The van der Waals surface area contributed by atoms with Gasteiger partial charge in [0.1, 0.15) is 5.75 Å². The molecule has 21 heavy (non-hydrogen) atoms. The van der Waals surface area contributed by atoms with Gasteiger partial charge in [-0.05, 0) is 44.5 Å². The van der Waals surface area contributed by atoms with Crippen molar-refractivity contribution in [3.63, 3.8) is 0 Å². The Kier molecular flexibility index (Phi) is 4.95. The maximum atomic E-state index is 9.74. The molecule has 0 amide bonds. The number of phenols is 1. The fourth-order valence-electron chi connectivity index (χ4n) is 3.49. The van der Waals surface area contributed by atoms with Crippen LogP contribution in [0.1, 0.15) is 31.2 Å². The first-order chi connectivity index (χ1) is 10.1. The summed E-state index contributed by atoms with van der Waals surface area (Å²) in [4.78, 5) is 5.03. The molecule has 2 aliphatic heterocycles. The maximum Gasteiger partial charge on any atom is 0.134 e. The van der Waals surface area contributed by atoms with Crippen molar-refractivity contribution < 1.29 is 5.11 Å². The number of hydrogen-bond donors (Lipinski definition) is 1. The standard InChI is InChI=1S/C16H22Cl2N2O/c17-14-4-5-15(21)16(18)13(14)11-19-9-6-12(10-19)20-7-2-1-3-8-20/h4-5,12,21H,1-3,6-11H2/t12-/m1/s1. The second-order valence-corrected chi connectivity index (χ2v) is 6.92. The highest BCUT2D eigenvalue weighted by Gasteiger charge is 2.29. The van der Waals surface area contributed by atoms with Gasteiger partial charge in [0.15, 0.2) is 0 Å². The number of likely N-dealkylation sites (tertiary alicyclic amines) is 2. The molecule has 2 heterocycles. The summed E-state index contributed by atoms with van der Waals surface area (Å²) >= 11 is 12.4. The van der Waals surface area contributed by atoms with Crippen molar-refractivity contribution in [3.05, 3.63) is 27.7 Å². The molecular weight excluding hydrogens is 307 g/mol. The van der Waals surface area contributed by atoms with Gasteiger partial charge in [-0.15, -0.1) is 0 Å². The number of hydrogen-bond acceptors (Lipinski definition) is 3. The first kappa shape index (κ1) is 15.4. The van der Waals surface area contributed by atoms with Crippen LogP contribution in [-0.4, -0.2) is 47.1 Å². The van der Waals surface area contributed by atoms with Crippen LogP contribution in [0.4, 0.5) is 0 Å². The van der Waals surface area contributed by atoms with Gasteiger partial charge in [-0.2, -0.15) is 0 Å². The van der Waals surface area contributed by atoms with Crippen LogP contribution >= 0.6 is 23.2 Å². The topological polar surface area (TPSA) is 26.7 Å². The molecule has 0 bridgehead atoms. The molecule has 3 nitrogen and oxygen atoms in total. The minimum absolute atomic E-state index is 0.114. The summed E-state index contributed by atoms with van der Waals surface area (Å²) < 4.78 is 0. The van der Waals surface area contributed by atoms with Crippen LogP contribution in [0.5, 0.6) is 5.75 Å². The van der Waals surface area contributed by atoms with Crippen molar-refractivity contribution in [2.24, 2.45) is 0 Å². The van der Waals surface area contributed by atoms with Crippen LogP contribution in [0.15, 0.2) is 12.1 Å². The van der Waals surface area contributed by atoms with E-state index in [-0.39, 0.29) is 5.75 Å². The van der Waals surface area contributed by atoms with Crippen molar-refractivity contribution >= 4 is 23.2 Å². The molecular formula is C16H22Cl2N2O. The molecule has 1 aromatic rings. The summed E-state index contributed by atoms with van der Waals surface area (Å²) in [7, 11) is 0. The van der Waals surface area contributed by atoms with E-state index in [1.54, 1.807) is 12.1 Å². The predicted octanol–water partition coefficient (Wildman–Crippen LogP) is 3.76. The predicted molar refractivity (Wildman–Crippen MR) is 87.2 cm³/mol.